The van der Waals surface area contributed by atoms with Crippen molar-refractivity contribution in [3.8, 4) is 6.07 Å². The van der Waals surface area contributed by atoms with Crippen molar-refractivity contribution in [1.82, 2.24) is 5.32 Å². The van der Waals surface area contributed by atoms with E-state index >= 15 is 0 Å². The van der Waals surface area contributed by atoms with Gasteiger partial charge in [0.1, 0.15) is 5.54 Å². The summed E-state index contributed by atoms with van der Waals surface area (Å²) in [6.07, 6.45) is 0.924. The Kier molecular flexibility index (Phi) is 4.28. The van der Waals surface area contributed by atoms with E-state index in [9.17, 15) is 4.79 Å². The number of hydrogen-bond acceptors (Lipinski definition) is 2. The van der Waals surface area contributed by atoms with Crippen molar-refractivity contribution in [2.75, 3.05) is 0 Å². The van der Waals surface area contributed by atoms with Gasteiger partial charge in [0.05, 0.1) is 12.5 Å². The van der Waals surface area contributed by atoms with Gasteiger partial charge in [-0.25, -0.2) is 0 Å². The van der Waals surface area contributed by atoms with Gasteiger partial charge in [-0.05, 0) is 31.4 Å². The van der Waals surface area contributed by atoms with Crippen LogP contribution < -0.4 is 5.32 Å². The lowest BCUT2D eigenvalue weighted by Crippen LogP contribution is -2.45. The topological polar surface area (TPSA) is 52.9 Å². The van der Waals surface area contributed by atoms with Crippen LogP contribution in [0.2, 0.25) is 0 Å². The van der Waals surface area contributed by atoms with Crippen LogP contribution in [0.15, 0.2) is 24.3 Å². The van der Waals surface area contributed by atoms with Crippen molar-refractivity contribution >= 4 is 5.91 Å². The zero-order valence-electron chi connectivity index (χ0n) is 10.6. The lowest BCUT2D eigenvalue weighted by molar-refractivity contribution is -0.121. The van der Waals surface area contributed by atoms with Crippen LogP contribution in [0.5, 0.6) is 0 Å². The fourth-order valence-electron chi connectivity index (χ4n) is 1.53. The summed E-state index contributed by atoms with van der Waals surface area (Å²) >= 11 is 0. The Morgan fingerprint density at radius 2 is 2.12 bits per heavy atom. The van der Waals surface area contributed by atoms with Crippen LogP contribution in [-0.2, 0) is 11.2 Å². The standard InChI is InChI=1S/C14H18N2O/c1-4-14(3,10-15)16-13(17)9-12-8-6-5-7-11(12)2/h5-8H,4,9H2,1-3H3,(H,16,17)/t14-/m0/s1. The maximum absolute atomic E-state index is 11.8. The second-order valence-electron chi connectivity index (χ2n) is 4.45. The maximum atomic E-state index is 11.8. The minimum atomic E-state index is -0.764. The molecular weight excluding hydrogens is 212 g/mol. The fourth-order valence-corrected chi connectivity index (χ4v) is 1.53. The number of nitrogens with one attached hydrogen (secondary N) is 1. The summed E-state index contributed by atoms with van der Waals surface area (Å²) in [6, 6.07) is 9.90. The second kappa shape index (κ2) is 5.49. The summed E-state index contributed by atoms with van der Waals surface area (Å²) < 4.78 is 0. The normalized spacial score (nSPS) is 13.5. The van der Waals surface area contributed by atoms with Crippen LogP contribution in [0.1, 0.15) is 31.4 Å². The highest BCUT2D eigenvalue weighted by molar-refractivity contribution is 5.80. The zero-order valence-corrected chi connectivity index (χ0v) is 10.6. The summed E-state index contributed by atoms with van der Waals surface area (Å²) in [6.45, 7) is 5.60. The first-order valence-electron chi connectivity index (χ1n) is 5.77. The van der Waals surface area contributed by atoms with Gasteiger partial charge in [-0.2, -0.15) is 5.26 Å². The van der Waals surface area contributed by atoms with Gasteiger partial charge in [-0.3, -0.25) is 4.79 Å². The number of nitrogens with zero attached hydrogens (tertiary/aromatic N) is 1. The minimum absolute atomic E-state index is 0.106. The van der Waals surface area contributed by atoms with Crippen LogP contribution in [0.3, 0.4) is 0 Å². The van der Waals surface area contributed by atoms with E-state index in [0.29, 0.717) is 12.8 Å². The van der Waals surface area contributed by atoms with E-state index in [1.807, 2.05) is 38.1 Å². The number of hydrogen-bond donors (Lipinski definition) is 1. The van der Waals surface area contributed by atoms with Crippen molar-refractivity contribution in [3.63, 3.8) is 0 Å². The quantitative estimate of drug-likeness (QED) is 0.863. The number of nitriles is 1. The first-order valence-corrected chi connectivity index (χ1v) is 5.77. The molecule has 0 aliphatic rings. The smallest absolute Gasteiger partial charge is 0.225 e. The number of carbonyl (C=O) groups excluding carboxylic acids is 1. The number of carbonyl (C=O) groups is 1. The molecule has 17 heavy (non-hydrogen) atoms. The van der Waals surface area contributed by atoms with Crippen molar-refractivity contribution in [2.45, 2.75) is 39.2 Å². The Balaban J connectivity index is 2.69. The summed E-state index contributed by atoms with van der Waals surface area (Å²) in [7, 11) is 0. The van der Waals surface area contributed by atoms with Gasteiger partial charge in [-0.1, -0.05) is 31.2 Å². The van der Waals surface area contributed by atoms with Crippen LogP contribution in [0.4, 0.5) is 0 Å². The molecule has 1 N–H and O–H groups in total. The van der Waals surface area contributed by atoms with E-state index in [2.05, 4.69) is 11.4 Å². The highest BCUT2D eigenvalue weighted by Crippen LogP contribution is 2.10. The maximum Gasteiger partial charge on any atom is 0.225 e. The van der Waals surface area contributed by atoms with Crippen LogP contribution in [-0.4, -0.2) is 11.4 Å². The molecule has 3 heteroatoms. The first kappa shape index (κ1) is 13.2. The van der Waals surface area contributed by atoms with Crippen molar-refractivity contribution < 1.29 is 4.79 Å². The van der Waals surface area contributed by atoms with E-state index < -0.39 is 5.54 Å². The third kappa shape index (κ3) is 3.60. The van der Waals surface area contributed by atoms with Crippen LogP contribution in [0, 0.1) is 18.3 Å². The van der Waals surface area contributed by atoms with Gasteiger partial charge in [0.2, 0.25) is 5.91 Å². The molecule has 3 nitrogen and oxygen atoms in total. The molecule has 90 valence electrons. The minimum Gasteiger partial charge on any atom is -0.338 e. The second-order valence-corrected chi connectivity index (χ2v) is 4.45. The van der Waals surface area contributed by atoms with Crippen molar-refractivity contribution in [3.05, 3.63) is 35.4 Å². The number of aryl methyl sites for hydroxylation is 1. The molecule has 1 atom stereocenters. The summed E-state index contributed by atoms with van der Waals surface area (Å²) in [5.74, 6) is -0.106. The number of benzene rings is 1. The molecule has 0 saturated carbocycles. The van der Waals surface area contributed by atoms with Gasteiger partial charge in [0.25, 0.3) is 0 Å². The van der Waals surface area contributed by atoms with Crippen molar-refractivity contribution in [1.29, 1.82) is 5.26 Å². The van der Waals surface area contributed by atoms with Crippen molar-refractivity contribution in [2.24, 2.45) is 0 Å². The highest BCUT2D eigenvalue weighted by Gasteiger charge is 2.23. The molecular formula is C14H18N2O. The summed E-state index contributed by atoms with van der Waals surface area (Å²) in [5, 5.41) is 11.8. The third-order valence-electron chi connectivity index (χ3n) is 2.98. The molecule has 0 saturated heterocycles. The Morgan fingerprint density at radius 3 is 2.65 bits per heavy atom. The molecule has 0 unspecified atom stereocenters. The molecule has 1 rings (SSSR count). The van der Waals surface area contributed by atoms with E-state index in [0.717, 1.165) is 11.1 Å². The molecule has 1 aromatic carbocycles. The Morgan fingerprint density at radius 1 is 1.47 bits per heavy atom. The molecule has 1 amide bonds. The molecule has 0 fully saturated rings. The van der Waals surface area contributed by atoms with Crippen LogP contribution in [0.25, 0.3) is 0 Å². The zero-order chi connectivity index (χ0) is 12.9. The summed E-state index contributed by atoms with van der Waals surface area (Å²) in [4.78, 5) is 11.8. The molecule has 1 aromatic rings. The molecule has 0 heterocycles. The van der Waals surface area contributed by atoms with E-state index in [4.69, 9.17) is 5.26 Å². The average Bonchev–Trinajstić information content (AvgIpc) is 2.32. The lowest BCUT2D eigenvalue weighted by Gasteiger charge is -2.21. The molecule has 0 radical (unpaired) electrons. The van der Waals surface area contributed by atoms with Crippen LogP contribution >= 0.6 is 0 Å². The molecule has 0 bridgehead atoms. The third-order valence-corrected chi connectivity index (χ3v) is 2.98. The molecule has 0 aliphatic carbocycles. The number of amides is 1. The highest BCUT2D eigenvalue weighted by atomic mass is 16.1. The largest absolute Gasteiger partial charge is 0.338 e. The van der Waals surface area contributed by atoms with Gasteiger partial charge in [-0.15, -0.1) is 0 Å². The monoisotopic (exact) mass is 230 g/mol. The SMILES string of the molecule is CC[C@@](C)(C#N)NC(=O)Cc1ccccc1C. The molecule has 0 spiro atoms. The number of rotatable bonds is 4. The van der Waals surface area contributed by atoms with Gasteiger partial charge in [0, 0.05) is 0 Å². The average molecular weight is 230 g/mol. The lowest BCUT2D eigenvalue weighted by atomic mass is 10.00. The predicted molar refractivity (Wildman–Crippen MR) is 67.3 cm³/mol. The Bertz CT molecular complexity index is 448. The predicted octanol–water partition coefficient (Wildman–Crippen LogP) is 2.35. The van der Waals surface area contributed by atoms with Gasteiger partial charge in [0.15, 0.2) is 0 Å². The van der Waals surface area contributed by atoms with E-state index in [-0.39, 0.29) is 5.91 Å². The Hall–Kier alpha value is -1.82. The van der Waals surface area contributed by atoms with E-state index in [1.54, 1.807) is 6.92 Å². The molecule has 0 aromatic heterocycles. The van der Waals surface area contributed by atoms with Gasteiger partial charge >= 0.3 is 0 Å². The molecule has 0 aliphatic heterocycles. The summed E-state index contributed by atoms with van der Waals surface area (Å²) in [5.41, 5.74) is 1.33. The Labute approximate surface area is 102 Å². The van der Waals surface area contributed by atoms with Gasteiger partial charge < -0.3 is 5.32 Å². The fraction of sp³-hybridized carbons (Fsp3) is 0.429. The van der Waals surface area contributed by atoms with E-state index in [1.165, 1.54) is 0 Å². The first-order chi connectivity index (χ1) is 8.00.